The first-order valence-corrected chi connectivity index (χ1v) is 12.0. The number of hydrogen-bond acceptors (Lipinski definition) is 6. The predicted molar refractivity (Wildman–Crippen MR) is 132 cm³/mol. The fraction of sp³-hybridized carbons (Fsp3) is 0.440. The quantitative estimate of drug-likeness (QED) is 0.470. The molecule has 3 aromatic rings. The van der Waals surface area contributed by atoms with E-state index in [0.717, 1.165) is 75.7 Å². The molecule has 0 amide bonds. The molecule has 0 bridgehead atoms. The summed E-state index contributed by atoms with van der Waals surface area (Å²) in [4.78, 5) is 6.54. The first-order chi connectivity index (χ1) is 16.9. The van der Waals surface area contributed by atoms with E-state index in [9.17, 15) is 8.78 Å². The Morgan fingerprint density at radius 2 is 1.77 bits per heavy atom. The van der Waals surface area contributed by atoms with E-state index < -0.39 is 17.5 Å². The second-order valence-corrected chi connectivity index (χ2v) is 9.29. The number of rotatable bonds is 7. The van der Waals surface area contributed by atoms with E-state index in [-0.39, 0.29) is 26.2 Å². The van der Waals surface area contributed by atoms with Crippen molar-refractivity contribution in [1.82, 2.24) is 19.7 Å². The third-order valence-electron chi connectivity index (χ3n) is 6.50. The molecule has 10 heteroatoms. The lowest BCUT2D eigenvalue weighted by molar-refractivity contribution is 0.0654. The van der Waals surface area contributed by atoms with Crippen LogP contribution in [0.2, 0.25) is 0 Å². The highest BCUT2D eigenvalue weighted by atomic mass is 19.1. The number of aryl methyl sites for hydroxylation is 1. The van der Waals surface area contributed by atoms with Crippen LogP contribution in [0.5, 0.6) is 0 Å². The lowest BCUT2D eigenvalue weighted by atomic mass is 10.0. The largest absolute Gasteiger partial charge is 0.380 e. The van der Waals surface area contributed by atoms with E-state index in [1.807, 2.05) is 6.92 Å². The highest BCUT2D eigenvalue weighted by molar-refractivity contribution is 5.64. The standard InChI is InChI=1S/C25H29F3N6O.2H2/c1-16-9-22(30-19-4-6-33(7-5-19)14-21-3-2-8-35-21)24(28)23(10-16)31-25-29-15-34(32-25)20-12-17(26)11-18(27)13-20;;/h9-13,15,19,21,30H,2-8,14H2,1H3,(H,31,32);2*1H. The van der Waals surface area contributed by atoms with Gasteiger partial charge in [-0.3, -0.25) is 0 Å². The first-order valence-electron chi connectivity index (χ1n) is 12.0. The van der Waals surface area contributed by atoms with Crippen molar-refractivity contribution in [2.45, 2.75) is 44.8 Å². The molecule has 3 heterocycles. The summed E-state index contributed by atoms with van der Waals surface area (Å²) in [5, 5.41) is 10.4. The summed E-state index contributed by atoms with van der Waals surface area (Å²) in [6.45, 7) is 5.64. The number of likely N-dealkylation sites (tertiary alicyclic amines) is 1. The summed E-state index contributed by atoms with van der Waals surface area (Å²) in [5.41, 5.74) is 1.71. The van der Waals surface area contributed by atoms with Gasteiger partial charge in [0.2, 0.25) is 5.95 Å². The highest BCUT2D eigenvalue weighted by Crippen LogP contribution is 2.29. The lowest BCUT2D eigenvalue weighted by Gasteiger charge is -2.34. The molecule has 1 atom stereocenters. The van der Waals surface area contributed by atoms with Crippen molar-refractivity contribution in [3.8, 4) is 5.69 Å². The molecule has 2 aromatic carbocycles. The fourth-order valence-electron chi connectivity index (χ4n) is 4.76. The van der Waals surface area contributed by atoms with Gasteiger partial charge in [-0.2, -0.15) is 4.98 Å². The number of nitrogens with one attached hydrogen (secondary N) is 2. The number of halogens is 3. The minimum Gasteiger partial charge on any atom is -0.380 e. The molecule has 190 valence electrons. The molecule has 0 aliphatic carbocycles. The van der Waals surface area contributed by atoms with Gasteiger partial charge >= 0.3 is 0 Å². The molecule has 2 aliphatic heterocycles. The second kappa shape index (κ2) is 10.2. The van der Waals surface area contributed by atoms with Crippen molar-refractivity contribution in [2.24, 2.45) is 0 Å². The SMILES string of the molecule is Cc1cc(Nc2ncn(-c3cc(F)cc(F)c3)n2)c(F)c(NC2CCN(CC3CCCO3)CC2)c1.[HH].[HH]. The molecule has 7 nitrogen and oxygen atoms in total. The third-order valence-corrected chi connectivity index (χ3v) is 6.50. The molecule has 35 heavy (non-hydrogen) atoms. The molecule has 2 fully saturated rings. The van der Waals surface area contributed by atoms with E-state index >= 15 is 4.39 Å². The Labute approximate surface area is 205 Å². The van der Waals surface area contributed by atoms with Gasteiger partial charge in [-0.1, -0.05) is 0 Å². The predicted octanol–water partition coefficient (Wildman–Crippen LogP) is 5.28. The van der Waals surface area contributed by atoms with Crippen molar-refractivity contribution in [2.75, 3.05) is 36.9 Å². The van der Waals surface area contributed by atoms with Crippen molar-refractivity contribution in [1.29, 1.82) is 0 Å². The average Bonchev–Trinajstić information content (AvgIpc) is 3.50. The third kappa shape index (κ3) is 5.76. The lowest BCUT2D eigenvalue weighted by Crippen LogP contribution is -2.42. The van der Waals surface area contributed by atoms with E-state index in [2.05, 4.69) is 25.6 Å². The molecule has 0 spiro atoms. The van der Waals surface area contributed by atoms with Crippen LogP contribution in [0, 0.1) is 24.4 Å². The van der Waals surface area contributed by atoms with Crippen molar-refractivity contribution in [3.05, 3.63) is 59.7 Å². The number of nitrogens with zero attached hydrogens (tertiary/aromatic N) is 4. The number of anilines is 3. The maximum Gasteiger partial charge on any atom is 0.247 e. The van der Waals surface area contributed by atoms with Gasteiger partial charge in [0.15, 0.2) is 5.82 Å². The zero-order chi connectivity index (χ0) is 24.4. The zero-order valence-electron chi connectivity index (χ0n) is 19.6. The van der Waals surface area contributed by atoms with Crippen LogP contribution >= 0.6 is 0 Å². The van der Waals surface area contributed by atoms with Gasteiger partial charge in [-0.25, -0.2) is 17.9 Å². The Hall–Kier alpha value is -3.11. The minimum atomic E-state index is -0.719. The minimum absolute atomic E-state index is 0. The molecule has 0 radical (unpaired) electrons. The van der Waals surface area contributed by atoms with Gasteiger partial charge in [-0.15, -0.1) is 5.10 Å². The topological polar surface area (TPSA) is 67.2 Å². The summed E-state index contributed by atoms with van der Waals surface area (Å²) in [7, 11) is 0. The van der Waals surface area contributed by atoms with Gasteiger partial charge < -0.3 is 20.3 Å². The average molecular weight is 491 g/mol. The number of ether oxygens (including phenoxy) is 1. The van der Waals surface area contributed by atoms with Crippen LogP contribution in [-0.2, 0) is 4.74 Å². The normalized spacial score (nSPS) is 19.3. The summed E-state index contributed by atoms with van der Waals surface area (Å²) >= 11 is 0. The molecule has 2 saturated heterocycles. The van der Waals surface area contributed by atoms with E-state index in [1.54, 1.807) is 12.1 Å². The summed E-state index contributed by atoms with van der Waals surface area (Å²) in [6, 6.07) is 6.71. The van der Waals surface area contributed by atoms with Crippen LogP contribution in [-0.4, -0.2) is 58.1 Å². The molecule has 1 unspecified atom stereocenters. The van der Waals surface area contributed by atoms with Gasteiger partial charge in [0.05, 0.1) is 23.2 Å². The van der Waals surface area contributed by atoms with Crippen LogP contribution in [0.1, 0.15) is 34.1 Å². The van der Waals surface area contributed by atoms with Gasteiger partial charge in [0, 0.05) is 41.2 Å². The second-order valence-electron chi connectivity index (χ2n) is 9.29. The summed E-state index contributed by atoms with van der Waals surface area (Å²) < 4.78 is 49.4. The molecule has 5 rings (SSSR count). The van der Waals surface area contributed by atoms with Crippen molar-refractivity contribution >= 4 is 17.3 Å². The maximum absolute atomic E-state index is 15.4. The molecule has 2 aliphatic rings. The smallest absolute Gasteiger partial charge is 0.247 e. The molecule has 1 aromatic heterocycles. The van der Waals surface area contributed by atoms with Crippen LogP contribution in [0.25, 0.3) is 5.69 Å². The molecular weight excluding hydrogens is 457 g/mol. The number of aromatic nitrogens is 3. The summed E-state index contributed by atoms with van der Waals surface area (Å²) in [6.07, 6.45) is 5.80. The summed E-state index contributed by atoms with van der Waals surface area (Å²) in [5.74, 6) is -1.75. The van der Waals surface area contributed by atoms with Crippen LogP contribution < -0.4 is 10.6 Å². The van der Waals surface area contributed by atoms with Crippen LogP contribution in [0.15, 0.2) is 36.7 Å². The maximum atomic E-state index is 15.4. The molecule has 2 N–H and O–H groups in total. The Kier molecular flexibility index (Phi) is 6.92. The van der Waals surface area contributed by atoms with E-state index in [4.69, 9.17) is 4.74 Å². The van der Waals surface area contributed by atoms with Crippen molar-refractivity contribution < 1.29 is 20.8 Å². The van der Waals surface area contributed by atoms with E-state index in [1.165, 1.54) is 11.0 Å². The van der Waals surface area contributed by atoms with Gasteiger partial charge in [0.25, 0.3) is 0 Å². The Bertz CT molecular complexity index is 1160. The Morgan fingerprint density at radius 3 is 2.49 bits per heavy atom. The number of piperidine rings is 1. The number of hydrogen-bond donors (Lipinski definition) is 2. The van der Waals surface area contributed by atoms with Crippen LogP contribution in [0.4, 0.5) is 30.5 Å². The van der Waals surface area contributed by atoms with E-state index in [0.29, 0.717) is 11.8 Å². The first kappa shape index (κ1) is 23.6. The fourth-order valence-corrected chi connectivity index (χ4v) is 4.76. The Balaban J connectivity index is 0.00000190. The zero-order valence-corrected chi connectivity index (χ0v) is 19.6. The molecule has 0 saturated carbocycles. The monoisotopic (exact) mass is 490 g/mol. The van der Waals surface area contributed by atoms with Crippen molar-refractivity contribution in [3.63, 3.8) is 0 Å². The van der Waals surface area contributed by atoms with Gasteiger partial charge in [0.1, 0.15) is 18.0 Å². The highest BCUT2D eigenvalue weighted by Gasteiger charge is 2.25. The van der Waals surface area contributed by atoms with Gasteiger partial charge in [-0.05, 0) is 62.4 Å². The number of benzene rings is 2. The Morgan fingerprint density at radius 1 is 1.03 bits per heavy atom. The van der Waals surface area contributed by atoms with Crippen LogP contribution in [0.3, 0.4) is 0 Å². The molecular formula is C25H33F3N6O.